The highest BCUT2D eigenvalue weighted by molar-refractivity contribution is 6.32. The third kappa shape index (κ3) is 2.69. The average Bonchev–Trinajstić information content (AvgIpc) is 2.89. The number of rotatable bonds is 3. The number of methoxy groups -OCH3 is 1. The zero-order valence-corrected chi connectivity index (χ0v) is 12.5. The highest BCUT2D eigenvalue weighted by Crippen LogP contribution is 2.59. The second-order valence-electron chi connectivity index (χ2n) is 5.73. The van der Waals surface area contributed by atoms with E-state index in [-0.39, 0.29) is 23.2 Å². The predicted molar refractivity (Wildman–Crippen MR) is 78.0 cm³/mol. The Bertz CT molecular complexity index is 532. The van der Waals surface area contributed by atoms with Gasteiger partial charge in [0.2, 0.25) is 0 Å². The van der Waals surface area contributed by atoms with Gasteiger partial charge in [-0.15, -0.1) is 0 Å². The van der Waals surface area contributed by atoms with Crippen LogP contribution in [-0.4, -0.2) is 13.1 Å². The fraction of sp³-hybridized carbons (Fsp3) is 0.438. The molecule has 0 amide bonds. The molecule has 1 fully saturated rings. The molecule has 0 aromatic heterocycles. The van der Waals surface area contributed by atoms with E-state index in [1.54, 1.807) is 0 Å². The van der Waals surface area contributed by atoms with E-state index in [0.29, 0.717) is 0 Å². The van der Waals surface area contributed by atoms with Crippen molar-refractivity contribution in [3.8, 4) is 0 Å². The smallest absolute Gasteiger partial charge is 0.309 e. The summed E-state index contributed by atoms with van der Waals surface area (Å²) in [7, 11) is 1.44. The lowest BCUT2D eigenvalue weighted by Crippen LogP contribution is -2.07. The van der Waals surface area contributed by atoms with Gasteiger partial charge in [0.15, 0.2) is 0 Å². The number of hydrogen-bond acceptors (Lipinski definition) is 2. The van der Waals surface area contributed by atoms with Crippen LogP contribution in [0.3, 0.4) is 0 Å². The summed E-state index contributed by atoms with van der Waals surface area (Å²) in [5.41, 5.74) is 2.10. The van der Waals surface area contributed by atoms with Crippen LogP contribution in [0, 0.1) is 24.2 Å². The van der Waals surface area contributed by atoms with Crippen molar-refractivity contribution in [1.29, 1.82) is 0 Å². The Morgan fingerprint density at radius 3 is 2.68 bits per heavy atom. The first-order valence-electron chi connectivity index (χ1n) is 6.40. The van der Waals surface area contributed by atoms with E-state index in [9.17, 15) is 4.79 Å². The normalized spacial score (nSPS) is 24.5. The number of carbonyl (C=O) groups is 1. The van der Waals surface area contributed by atoms with E-state index in [0.717, 1.165) is 16.1 Å². The van der Waals surface area contributed by atoms with Gasteiger partial charge in [-0.05, 0) is 35.4 Å². The van der Waals surface area contributed by atoms with Crippen LogP contribution in [0.15, 0.2) is 24.3 Å². The van der Waals surface area contributed by atoms with E-state index in [1.807, 2.05) is 31.2 Å². The van der Waals surface area contributed by atoms with Crippen molar-refractivity contribution in [2.45, 2.75) is 20.8 Å². The van der Waals surface area contributed by atoms with Gasteiger partial charge < -0.3 is 4.74 Å². The predicted octanol–water partition coefficient (Wildman–Crippen LogP) is 4.11. The summed E-state index contributed by atoms with van der Waals surface area (Å²) in [6.07, 6.45) is 4.06. The maximum absolute atomic E-state index is 11.6. The van der Waals surface area contributed by atoms with Crippen LogP contribution in [0.1, 0.15) is 25.0 Å². The van der Waals surface area contributed by atoms with Crippen molar-refractivity contribution >= 4 is 23.6 Å². The first kappa shape index (κ1) is 14.1. The third-order valence-electron chi connectivity index (χ3n) is 4.00. The van der Waals surface area contributed by atoms with Gasteiger partial charge in [-0.1, -0.05) is 49.7 Å². The van der Waals surface area contributed by atoms with E-state index in [4.69, 9.17) is 16.3 Å². The minimum absolute atomic E-state index is 0.0270. The zero-order valence-electron chi connectivity index (χ0n) is 11.7. The largest absolute Gasteiger partial charge is 0.469 e. The summed E-state index contributed by atoms with van der Waals surface area (Å²) in [6, 6.07) is 5.97. The number of carbonyl (C=O) groups excluding carboxylic acids is 1. The van der Waals surface area contributed by atoms with Crippen LogP contribution >= 0.6 is 11.6 Å². The molecule has 1 aliphatic carbocycles. The summed E-state index contributed by atoms with van der Waals surface area (Å²) < 4.78 is 4.83. The van der Waals surface area contributed by atoms with Crippen LogP contribution in [0.4, 0.5) is 0 Å². The first-order valence-corrected chi connectivity index (χ1v) is 6.78. The summed E-state index contributed by atoms with van der Waals surface area (Å²) in [5, 5.41) is 0.740. The molecule has 0 N–H and O–H groups in total. The minimum Gasteiger partial charge on any atom is -0.469 e. The van der Waals surface area contributed by atoms with Crippen LogP contribution in [-0.2, 0) is 9.53 Å². The molecule has 0 saturated heterocycles. The molecule has 1 aromatic rings. The number of esters is 1. The first-order chi connectivity index (χ1) is 8.87. The maximum atomic E-state index is 11.6. The lowest BCUT2D eigenvalue weighted by Gasteiger charge is -2.00. The molecule has 3 heteroatoms. The Hall–Kier alpha value is -1.28. The zero-order chi connectivity index (χ0) is 14.2. The molecule has 0 bridgehead atoms. The highest BCUT2D eigenvalue weighted by Gasteiger charge is 2.61. The number of halogens is 1. The second-order valence-corrected chi connectivity index (χ2v) is 6.14. The van der Waals surface area contributed by atoms with E-state index >= 15 is 0 Å². The monoisotopic (exact) mass is 278 g/mol. The maximum Gasteiger partial charge on any atom is 0.309 e. The van der Waals surface area contributed by atoms with Gasteiger partial charge in [0.25, 0.3) is 0 Å². The molecular weight excluding hydrogens is 260 g/mol. The standard InChI is InChI=1S/C16H19ClO2/c1-10-5-6-11(13(17)9-10)7-8-12-14(15(18)19-4)16(12,2)3/h5-9,12,14H,1-4H3/b8-7+. The number of benzene rings is 1. The van der Waals surface area contributed by atoms with Crippen molar-refractivity contribution in [1.82, 2.24) is 0 Å². The summed E-state index contributed by atoms with van der Waals surface area (Å²) in [6.45, 7) is 6.18. The van der Waals surface area contributed by atoms with Gasteiger partial charge >= 0.3 is 5.97 Å². The molecule has 19 heavy (non-hydrogen) atoms. The molecule has 2 nitrogen and oxygen atoms in total. The van der Waals surface area contributed by atoms with E-state index in [2.05, 4.69) is 19.9 Å². The van der Waals surface area contributed by atoms with Gasteiger partial charge in [-0.2, -0.15) is 0 Å². The molecule has 0 radical (unpaired) electrons. The Kier molecular flexibility index (Phi) is 3.73. The van der Waals surface area contributed by atoms with E-state index in [1.165, 1.54) is 7.11 Å². The van der Waals surface area contributed by atoms with Crippen molar-refractivity contribution in [3.05, 3.63) is 40.4 Å². The molecule has 1 aliphatic rings. The van der Waals surface area contributed by atoms with Crippen molar-refractivity contribution < 1.29 is 9.53 Å². The summed E-state index contributed by atoms with van der Waals surface area (Å²) >= 11 is 6.19. The van der Waals surface area contributed by atoms with Crippen molar-refractivity contribution in [2.24, 2.45) is 17.3 Å². The third-order valence-corrected chi connectivity index (χ3v) is 4.33. The molecule has 1 saturated carbocycles. The van der Waals surface area contributed by atoms with Crippen LogP contribution in [0.2, 0.25) is 5.02 Å². The topological polar surface area (TPSA) is 26.3 Å². The van der Waals surface area contributed by atoms with Crippen molar-refractivity contribution in [2.75, 3.05) is 7.11 Å². The number of ether oxygens (including phenoxy) is 1. The van der Waals surface area contributed by atoms with Gasteiger partial charge in [0.1, 0.15) is 0 Å². The Balaban J connectivity index is 2.14. The number of hydrogen-bond donors (Lipinski definition) is 0. The van der Waals surface area contributed by atoms with E-state index < -0.39 is 0 Å². The highest BCUT2D eigenvalue weighted by atomic mass is 35.5. The van der Waals surface area contributed by atoms with Gasteiger partial charge in [-0.25, -0.2) is 0 Å². The Morgan fingerprint density at radius 2 is 2.11 bits per heavy atom. The summed E-state index contributed by atoms with van der Waals surface area (Å²) in [4.78, 5) is 11.6. The summed E-state index contributed by atoms with van der Waals surface area (Å²) in [5.74, 6) is 0.0462. The molecule has 0 spiro atoms. The number of aryl methyl sites for hydroxylation is 1. The molecule has 1 aromatic carbocycles. The molecule has 2 unspecified atom stereocenters. The molecule has 0 heterocycles. The second kappa shape index (κ2) is 5.01. The fourth-order valence-electron chi connectivity index (χ4n) is 2.59. The quantitative estimate of drug-likeness (QED) is 0.778. The Labute approximate surface area is 119 Å². The molecular formula is C16H19ClO2. The van der Waals surface area contributed by atoms with Gasteiger partial charge in [0.05, 0.1) is 13.0 Å². The van der Waals surface area contributed by atoms with Gasteiger partial charge in [-0.3, -0.25) is 4.79 Å². The Morgan fingerprint density at radius 1 is 1.42 bits per heavy atom. The SMILES string of the molecule is COC(=O)C1C(/C=C/c2ccc(C)cc2Cl)C1(C)C. The average molecular weight is 279 g/mol. The lowest BCUT2D eigenvalue weighted by atomic mass is 10.1. The molecule has 102 valence electrons. The molecule has 2 rings (SSSR count). The van der Waals surface area contributed by atoms with Crippen molar-refractivity contribution in [3.63, 3.8) is 0 Å². The lowest BCUT2D eigenvalue weighted by molar-refractivity contribution is -0.143. The fourth-order valence-corrected chi connectivity index (χ4v) is 2.89. The minimum atomic E-state index is -0.130. The molecule has 0 aliphatic heterocycles. The number of allylic oxidation sites excluding steroid dienone is 1. The molecule has 2 atom stereocenters. The van der Waals surface area contributed by atoms with Crippen LogP contribution in [0.25, 0.3) is 6.08 Å². The van der Waals surface area contributed by atoms with Crippen LogP contribution in [0.5, 0.6) is 0 Å². The van der Waals surface area contributed by atoms with Gasteiger partial charge in [0, 0.05) is 5.02 Å². The van der Waals surface area contributed by atoms with Crippen LogP contribution < -0.4 is 0 Å².